The number of halogens is 2. The van der Waals surface area contributed by atoms with Crippen LogP contribution in [-0.2, 0) is 11.4 Å². The first kappa shape index (κ1) is 22.5. The van der Waals surface area contributed by atoms with Crippen molar-refractivity contribution in [2.24, 2.45) is 5.10 Å². The van der Waals surface area contributed by atoms with E-state index in [9.17, 15) is 9.59 Å². The number of hydrogen-bond donors (Lipinski definition) is 2. The van der Waals surface area contributed by atoms with E-state index in [4.69, 9.17) is 16.3 Å². The molecule has 0 saturated carbocycles. The minimum absolute atomic E-state index is 0.218. The predicted octanol–water partition coefficient (Wildman–Crippen LogP) is 4.56. The Balaban J connectivity index is 1.50. The third-order valence-electron chi connectivity index (χ3n) is 4.10. The van der Waals surface area contributed by atoms with Crippen molar-refractivity contribution in [1.29, 1.82) is 0 Å². The molecule has 0 saturated heterocycles. The number of hydrazone groups is 1. The molecule has 0 aliphatic carbocycles. The van der Waals surface area contributed by atoms with Gasteiger partial charge in [-0.1, -0.05) is 63.9 Å². The quantitative estimate of drug-likeness (QED) is 0.351. The van der Waals surface area contributed by atoms with Crippen molar-refractivity contribution in [3.8, 4) is 5.75 Å². The van der Waals surface area contributed by atoms with E-state index in [2.05, 4.69) is 31.8 Å². The molecule has 3 rings (SSSR count). The molecule has 0 radical (unpaired) electrons. The van der Waals surface area contributed by atoms with Gasteiger partial charge in [-0.15, -0.1) is 0 Å². The summed E-state index contributed by atoms with van der Waals surface area (Å²) in [4.78, 5) is 24.0. The van der Waals surface area contributed by atoms with Gasteiger partial charge in [-0.3, -0.25) is 9.59 Å². The van der Waals surface area contributed by atoms with Crippen LogP contribution in [0.5, 0.6) is 5.75 Å². The molecule has 0 bridgehead atoms. The Kier molecular flexibility index (Phi) is 8.20. The average molecular weight is 501 g/mol. The number of hydrogen-bond acceptors (Lipinski definition) is 4. The predicted molar refractivity (Wildman–Crippen MR) is 124 cm³/mol. The van der Waals surface area contributed by atoms with Crippen molar-refractivity contribution in [1.82, 2.24) is 10.7 Å². The molecule has 0 aliphatic rings. The fraction of sp³-hybridized carbons (Fsp3) is 0.0870. The van der Waals surface area contributed by atoms with Gasteiger partial charge in [0.05, 0.1) is 12.8 Å². The number of ether oxygens (including phenoxy) is 1. The van der Waals surface area contributed by atoms with Crippen molar-refractivity contribution < 1.29 is 14.3 Å². The molecule has 6 nitrogen and oxygen atoms in total. The highest BCUT2D eigenvalue weighted by Crippen LogP contribution is 2.22. The van der Waals surface area contributed by atoms with Crippen LogP contribution in [0.3, 0.4) is 0 Å². The van der Waals surface area contributed by atoms with Gasteiger partial charge in [-0.25, -0.2) is 5.43 Å². The average Bonchev–Trinajstić information content (AvgIpc) is 2.78. The van der Waals surface area contributed by atoms with Crippen LogP contribution < -0.4 is 15.5 Å². The normalized spacial score (nSPS) is 10.6. The van der Waals surface area contributed by atoms with Crippen molar-refractivity contribution in [3.63, 3.8) is 0 Å². The highest BCUT2D eigenvalue weighted by atomic mass is 79.9. The maximum Gasteiger partial charge on any atom is 0.259 e. The van der Waals surface area contributed by atoms with E-state index in [1.165, 1.54) is 12.3 Å². The molecule has 0 aliphatic heterocycles. The number of carbonyl (C=O) groups excluding carboxylic acids is 2. The molecular weight excluding hydrogens is 482 g/mol. The van der Waals surface area contributed by atoms with Gasteiger partial charge in [-0.05, 0) is 42.0 Å². The molecule has 3 aromatic rings. The third kappa shape index (κ3) is 7.24. The Morgan fingerprint density at radius 1 is 1.03 bits per heavy atom. The van der Waals surface area contributed by atoms with Gasteiger partial charge in [0.15, 0.2) is 0 Å². The first-order chi connectivity index (χ1) is 15.0. The van der Waals surface area contributed by atoms with E-state index in [0.29, 0.717) is 22.9 Å². The fourth-order valence-corrected chi connectivity index (χ4v) is 3.10. The summed E-state index contributed by atoms with van der Waals surface area (Å²) in [6.45, 7) is 0.228. The Bertz CT molecular complexity index is 1090. The lowest BCUT2D eigenvalue weighted by Gasteiger charge is -2.08. The van der Waals surface area contributed by atoms with Crippen molar-refractivity contribution in [2.75, 3.05) is 6.54 Å². The van der Waals surface area contributed by atoms with Crippen LogP contribution in [0, 0.1) is 0 Å². The summed E-state index contributed by atoms with van der Waals surface area (Å²) in [6, 6.07) is 21.8. The Morgan fingerprint density at radius 2 is 1.84 bits per heavy atom. The summed E-state index contributed by atoms with van der Waals surface area (Å²) >= 11 is 9.31. The number of carbonyl (C=O) groups is 2. The van der Waals surface area contributed by atoms with Gasteiger partial charge in [0.1, 0.15) is 12.4 Å². The summed E-state index contributed by atoms with van der Waals surface area (Å²) < 4.78 is 6.60. The topological polar surface area (TPSA) is 79.8 Å². The van der Waals surface area contributed by atoms with Gasteiger partial charge in [0, 0.05) is 20.6 Å². The highest BCUT2D eigenvalue weighted by molar-refractivity contribution is 9.10. The summed E-state index contributed by atoms with van der Waals surface area (Å²) in [5.41, 5.74) is 4.55. The van der Waals surface area contributed by atoms with Crippen LogP contribution >= 0.6 is 27.5 Å². The Labute approximate surface area is 193 Å². The number of rotatable bonds is 8. The highest BCUT2D eigenvalue weighted by Gasteiger charge is 2.08. The van der Waals surface area contributed by atoms with Crippen molar-refractivity contribution in [3.05, 3.63) is 99.0 Å². The number of amides is 2. The molecular formula is C23H19BrClN3O3. The third-order valence-corrected chi connectivity index (χ3v) is 5.06. The molecule has 0 fully saturated rings. The van der Waals surface area contributed by atoms with E-state index in [0.717, 1.165) is 15.6 Å². The minimum Gasteiger partial charge on any atom is -0.489 e. The van der Waals surface area contributed by atoms with Gasteiger partial charge < -0.3 is 10.1 Å². The lowest BCUT2D eigenvalue weighted by Crippen LogP contribution is -2.34. The largest absolute Gasteiger partial charge is 0.489 e. The maximum atomic E-state index is 12.0. The van der Waals surface area contributed by atoms with Crippen LogP contribution in [0.15, 0.2) is 82.4 Å². The van der Waals surface area contributed by atoms with Crippen molar-refractivity contribution >= 4 is 45.6 Å². The van der Waals surface area contributed by atoms with Gasteiger partial charge in [-0.2, -0.15) is 5.10 Å². The first-order valence-electron chi connectivity index (χ1n) is 9.33. The lowest BCUT2D eigenvalue weighted by molar-refractivity contribution is -0.120. The smallest absolute Gasteiger partial charge is 0.259 e. The van der Waals surface area contributed by atoms with Crippen LogP contribution in [-0.4, -0.2) is 24.6 Å². The van der Waals surface area contributed by atoms with Gasteiger partial charge in [0.25, 0.3) is 11.8 Å². The Morgan fingerprint density at radius 3 is 2.61 bits per heavy atom. The molecule has 2 N–H and O–H groups in total. The second kappa shape index (κ2) is 11.3. The van der Waals surface area contributed by atoms with Crippen LogP contribution in [0.4, 0.5) is 0 Å². The summed E-state index contributed by atoms with van der Waals surface area (Å²) in [5, 5.41) is 6.91. The number of nitrogens with one attached hydrogen (secondary N) is 2. The second-order valence-corrected chi connectivity index (χ2v) is 7.73. The molecule has 0 unspecified atom stereocenters. The van der Waals surface area contributed by atoms with Crippen LogP contribution in [0.1, 0.15) is 21.5 Å². The summed E-state index contributed by atoms with van der Waals surface area (Å²) in [7, 11) is 0. The Hall–Kier alpha value is -3.16. The maximum absolute atomic E-state index is 12.0. The number of benzene rings is 3. The zero-order valence-corrected chi connectivity index (χ0v) is 18.7. The van der Waals surface area contributed by atoms with Crippen LogP contribution in [0.25, 0.3) is 0 Å². The second-order valence-electron chi connectivity index (χ2n) is 6.44. The molecule has 158 valence electrons. The molecule has 0 spiro atoms. The zero-order valence-electron chi connectivity index (χ0n) is 16.3. The fourth-order valence-electron chi connectivity index (χ4n) is 2.56. The van der Waals surface area contributed by atoms with E-state index in [1.54, 1.807) is 18.2 Å². The molecule has 3 aromatic carbocycles. The van der Waals surface area contributed by atoms with Gasteiger partial charge >= 0.3 is 0 Å². The lowest BCUT2D eigenvalue weighted by atomic mass is 10.2. The van der Waals surface area contributed by atoms with E-state index in [1.807, 2.05) is 48.5 Å². The molecule has 2 amide bonds. The van der Waals surface area contributed by atoms with E-state index < -0.39 is 11.8 Å². The standard InChI is InChI=1S/C23H19BrClN3O3/c24-21-10-9-20(31-15-16-5-2-1-3-6-16)12-18(21)13-27-28-22(29)14-26-23(30)17-7-4-8-19(25)11-17/h1-13H,14-15H2,(H,26,30)(H,28,29)/b27-13-. The number of nitrogens with zero attached hydrogens (tertiary/aromatic N) is 1. The van der Waals surface area contributed by atoms with Crippen LogP contribution in [0.2, 0.25) is 5.02 Å². The molecule has 0 heterocycles. The van der Waals surface area contributed by atoms with E-state index >= 15 is 0 Å². The zero-order chi connectivity index (χ0) is 22.1. The molecule has 8 heteroatoms. The molecule has 31 heavy (non-hydrogen) atoms. The first-order valence-corrected chi connectivity index (χ1v) is 10.5. The molecule has 0 atom stereocenters. The monoisotopic (exact) mass is 499 g/mol. The summed E-state index contributed by atoms with van der Waals surface area (Å²) in [6.07, 6.45) is 1.50. The molecule has 0 aromatic heterocycles. The minimum atomic E-state index is -0.459. The van der Waals surface area contributed by atoms with Crippen molar-refractivity contribution in [2.45, 2.75) is 6.61 Å². The SMILES string of the molecule is O=C(CNC(=O)c1cccc(Cl)c1)N/N=C\c1cc(OCc2ccccc2)ccc1Br. The summed E-state index contributed by atoms with van der Waals surface area (Å²) in [5.74, 6) is -0.180. The van der Waals surface area contributed by atoms with Gasteiger partial charge in [0.2, 0.25) is 0 Å². The van der Waals surface area contributed by atoms with E-state index in [-0.39, 0.29) is 6.54 Å².